The van der Waals surface area contributed by atoms with Gasteiger partial charge in [-0.1, -0.05) is 0 Å². The highest BCUT2D eigenvalue weighted by molar-refractivity contribution is 7.89. The maximum absolute atomic E-state index is 12.8. The molecule has 168 valence electrons. The van der Waals surface area contributed by atoms with Crippen molar-refractivity contribution in [3.8, 4) is 17.2 Å². The number of rotatable bonds is 7. The standard InChI is InChI=1S/C22H28N2O6S/c1-22(2)13-19(18-11-8-16(29-5)12-20(18)30-22)23-21(25)14-24(3)31(26,27)17-9-6-15(28-4)7-10-17/h6-12,19H,13-14H2,1-5H3,(H,23,25)/t19-/m1/s1. The van der Waals surface area contributed by atoms with Crippen LogP contribution in [0, 0.1) is 0 Å². The van der Waals surface area contributed by atoms with E-state index in [-0.39, 0.29) is 17.5 Å². The van der Waals surface area contributed by atoms with Crippen LogP contribution < -0.4 is 19.5 Å². The molecule has 0 aromatic heterocycles. The summed E-state index contributed by atoms with van der Waals surface area (Å²) in [6.07, 6.45) is 0.549. The van der Waals surface area contributed by atoms with Crippen molar-refractivity contribution in [1.29, 1.82) is 0 Å². The zero-order chi connectivity index (χ0) is 22.8. The second-order valence-electron chi connectivity index (χ2n) is 8.03. The average molecular weight is 449 g/mol. The Hall–Kier alpha value is -2.78. The molecule has 2 aromatic rings. The van der Waals surface area contributed by atoms with Gasteiger partial charge < -0.3 is 19.5 Å². The molecular formula is C22H28N2O6S. The van der Waals surface area contributed by atoms with E-state index in [0.717, 1.165) is 9.87 Å². The highest BCUT2D eigenvalue weighted by atomic mass is 32.2. The molecule has 9 heteroatoms. The van der Waals surface area contributed by atoms with Gasteiger partial charge in [-0.2, -0.15) is 4.31 Å². The van der Waals surface area contributed by atoms with E-state index in [9.17, 15) is 13.2 Å². The van der Waals surface area contributed by atoms with Crippen molar-refractivity contribution in [2.75, 3.05) is 27.8 Å². The predicted molar refractivity (Wildman–Crippen MR) is 116 cm³/mol. The molecule has 1 N–H and O–H groups in total. The summed E-state index contributed by atoms with van der Waals surface area (Å²) in [5.74, 6) is 1.45. The maximum Gasteiger partial charge on any atom is 0.243 e. The van der Waals surface area contributed by atoms with Crippen LogP contribution in [0.5, 0.6) is 17.2 Å². The molecule has 31 heavy (non-hydrogen) atoms. The minimum absolute atomic E-state index is 0.0910. The Balaban J connectivity index is 1.74. The Kier molecular flexibility index (Phi) is 6.47. The van der Waals surface area contributed by atoms with E-state index < -0.39 is 21.5 Å². The van der Waals surface area contributed by atoms with Crippen molar-refractivity contribution in [2.45, 2.75) is 36.8 Å². The number of sulfonamides is 1. The van der Waals surface area contributed by atoms with Gasteiger partial charge in [0.2, 0.25) is 15.9 Å². The van der Waals surface area contributed by atoms with Gasteiger partial charge in [0.1, 0.15) is 22.8 Å². The highest BCUT2D eigenvalue weighted by Crippen LogP contribution is 2.41. The van der Waals surface area contributed by atoms with E-state index in [1.165, 1.54) is 26.3 Å². The quantitative estimate of drug-likeness (QED) is 0.700. The lowest BCUT2D eigenvalue weighted by atomic mass is 9.89. The van der Waals surface area contributed by atoms with Gasteiger partial charge in [0, 0.05) is 25.1 Å². The molecule has 1 aliphatic heterocycles. The molecule has 1 aliphatic rings. The lowest BCUT2D eigenvalue weighted by molar-refractivity contribution is -0.122. The normalized spacial score (nSPS) is 17.4. The number of carbonyl (C=O) groups excluding carboxylic acids is 1. The van der Waals surface area contributed by atoms with Crippen molar-refractivity contribution in [3.63, 3.8) is 0 Å². The minimum atomic E-state index is -3.82. The highest BCUT2D eigenvalue weighted by Gasteiger charge is 2.35. The van der Waals surface area contributed by atoms with Crippen LogP contribution in [0.1, 0.15) is 31.9 Å². The van der Waals surface area contributed by atoms with Crippen LogP contribution in [0.15, 0.2) is 47.4 Å². The summed E-state index contributed by atoms with van der Waals surface area (Å²) in [6.45, 7) is 3.57. The maximum atomic E-state index is 12.8. The third-order valence-corrected chi connectivity index (χ3v) is 6.96. The number of amides is 1. The summed E-state index contributed by atoms with van der Waals surface area (Å²) in [5, 5.41) is 2.96. The number of benzene rings is 2. The average Bonchev–Trinajstić information content (AvgIpc) is 2.72. The molecular weight excluding hydrogens is 420 g/mol. The monoisotopic (exact) mass is 448 g/mol. The van der Waals surface area contributed by atoms with Gasteiger partial charge in [-0.05, 0) is 50.2 Å². The lowest BCUT2D eigenvalue weighted by Gasteiger charge is -2.38. The molecule has 3 rings (SSSR count). The number of nitrogens with one attached hydrogen (secondary N) is 1. The van der Waals surface area contributed by atoms with Crippen LogP contribution in [0.2, 0.25) is 0 Å². The van der Waals surface area contributed by atoms with Gasteiger partial charge in [0.25, 0.3) is 0 Å². The molecule has 8 nitrogen and oxygen atoms in total. The number of hydrogen-bond donors (Lipinski definition) is 1. The molecule has 2 aromatic carbocycles. The molecule has 0 unspecified atom stereocenters. The zero-order valence-electron chi connectivity index (χ0n) is 18.3. The lowest BCUT2D eigenvalue weighted by Crippen LogP contribution is -2.44. The summed E-state index contributed by atoms with van der Waals surface area (Å²) in [6, 6.07) is 11.2. The first-order valence-corrected chi connectivity index (χ1v) is 11.3. The minimum Gasteiger partial charge on any atom is -0.497 e. The van der Waals surface area contributed by atoms with Gasteiger partial charge in [-0.3, -0.25) is 4.79 Å². The van der Waals surface area contributed by atoms with Gasteiger partial charge in [-0.15, -0.1) is 0 Å². The summed E-state index contributed by atoms with van der Waals surface area (Å²) >= 11 is 0. The fourth-order valence-electron chi connectivity index (χ4n) is 3.54. The smallest absolute Gasteiger partial charge is 0.243 e. The number of hydrogen-bond acceptors (Lipinski definition) is 6. The largest absolute Gasteiger partial charge is 0.497 e. The molecule has 0 saturated carbocycles. The molecule has 0 bridgehead atoms. The predicted octanol–water partition coefficient (Wildman–Crippen LogP) is 2.74. The van der Waals surface area contributed by atoms with Gasteiger partial charge >= 0.3 is 0 Å². The number of methoxy groups -OCH3 is 2. The first kappa shape index (κ1) is 22.9. The van der Waals surface area contributed by atoms with Crippen LogP contribution in [-0.4, -0.2) is 52.0 Å². The summed E-state index contributed by atoms with van der Waals surface area (Å²) in [4.78, 5) is 12.8. The van der Waals surface area contributed by atoms with Gasteiger partial charge in [0.05, 0.1) is 31.7 Å². The molecule has 1 heterocycles. The van der Waals surface area contributed by atoms with E-state index in [4.69, 9.17) is 14.2 Å². The van der Waals surface area contributed by atoms with E-state index in [2.05, 4.69) is 5.32 Å². The van der Waals surface area contributed by atoms with E-state index in [0.29, 0.717) is 23.7 Å². The SMILES string of the molecule is COc1ccc(S(=O)(=O)N(C)CC(=O)N[C@@H]2CC(C)(C)Oc3cc(OC)ccc32)cc1. The molecule has 0 spiro atoms. The van der Waals surface area contributed by atoms with Crippen LogP contribution in [0.3, 0.4) is 0 Å². The fourth-order valence-corrected chi connectivity index (χ4v) is 4.67. The van der Waals surface area contributed by atoms with Crippen molar-refractivity contribution in [2.24, 2.45) is 0 Å². The number of fused-ring (bicyclic) bond motifs is 1. The molecule has 1 amide bonds. The van der Waals surface area contributed by atoms with Gasteiger partial charge in [0.15, 0.2) is 0 Å². The first-order valence-electron chi connectivity index (χ1n) is 9.82. The molecule has 0 fully saturated rings. The van der Waals surface area contributed by atoms with Crippen LogP contribution in [0.25, 0.3) is 0 Å². The second-order valence-corrected chi connectivity index (χ2v) is 10.1. The Morgan fingerprint density at radius 3 is 2.35 bits per heavy atom. The van der Waals surface area contributed by atoms with E-state index in [1.54, 1.807) is 31.4 Å². The van der Waals surface area contributed by atoms with Gasteiger partial charge in [-0.25, -0.2) is 8.42 Å². The first-order chi connectivity index (χ1) is 14.6. The summed E-state index contributed by atoms with van der Waals surface area (Å²) < 4.78 is 43.0. The van der Waals surface area contributed by atoms with Crippen LogP contribution >= 0.6 is 0 Å². The number of carbonyl (C=O) groups is 1. The summed E-state index contributed by atoms with van der Waals surface area (Å²) in [5.41, 5.74) is 0.326. The number of likely N-dealkylation sites (N-methyl/N-ethyl adjacent to an activating group) is 1. The van der Waals surface area contributed by atoms with Crippen molar-refractivity contribution < 1.29 is 27.4 Å². The third kappa shape index (κ3) is 5.11. The van der Waals surface area contributed by atoms with Crippen molar-refractivity contribution >= 4 is 15.9 Å². The molecule has 1 atom stereocenters. The van der Waals surface area contributed by atoms with E-state index >= 15 is 0 Å². The second kappa shape index (κ2) is 8.76. The molecule has 0 radical (unpaired) electrons. The molecule has 0 aliphatic carbocycles. The van der Waals surface area contributed by atoms with Crippen LogP contribution in [-0.2, 0) is 14.8 Å². The number of ether oxygens (including phenoxy) is 3. The topological polar surface area (TPSA) is 94.2 Å². The third-order valence-electron chi connectivity index (χ3n) is 5.15. The molecule has 0 saturated heterocycles. The zero-order valence-corrected chi connectivity index (χ0v) is 19.2. The fraction of sp³-hybridized carbons (Fsp3) is 0.409. The van der Waals surface area contributed by atoms with Crippen molar-refractivity contribution in [1.82, 2.24) is 9.62 Å². The Morgan fingerprint density at radius 2 is 1.74 bits per heavy atom. The van der Waals surface area contributed by atoms with Crippen molar-refractivity contribution in [3.05, 3.63) is 48.0 Å². The van der Waals surface area contributed by atoms with Crippen LogP contribution in [0.4, 0.5) is 0 Å². The Labute approximate surface area is 183 Å². The summed E-state index contributed by atoms with van der Waals surface area (Å²) in [7, 11) is 0.648. The number of nitrogens with zero attached hydrogens (tertiary/aromatic N) is 1. The van der Waals surface area contributed by atoms with E-state index in [1.807, 2.05) is 19.9 Å². The Morgan fingerprint density at radius 1 is 1.13 bits per heavy atom. The Bertz CT molecular complexity index is 1050.